The second kappa shape index (κ2) is 11.2. The molecule has 0 spiro atoms. The van der Waals surface area contributed by atoms with Crippen LogP contribution in [0.5, 0.6) is 5.75 Å². The van der Waals surface area contributed by atoms with Gasteiger partial charge in [0.25, 0.3) is 0 Å². The number of allylic oxidation sites excluding steroid dienone is 1. The molecule has 2 rings (SSSR count). The fourth-order valence-corrected chi connectivity index (χ4v) is 2.77. The van der Waals surface area contributed by atoms with Crippen LogP contribution in [0.15, 0.2) is 60.7 Å². The molecule has 0 radical (unpaired) electrons. The zero-order valence-electron chi connectivity index (χ0n) is 17.2. The average Bonchev–Trinajstić information content (AvgIpc) is 2.76. The molecule has 0 aliphatic heterocycles. The number of esters is 1. The van der Waals surface area contributed by atoms with Crippen LogP contribution in [0, 0.1) is 0 Å². The van der Waals surface area contributed by atoms with Crippen molar-refractivity contribution in [1.29, 1.82) is 0 Å². The van der Waals surface area contributed by atoms with E-state index in [1.165, 1.54) is 31.2 Å². The molecule has 0 atom stereocenters. The highest BCUT2D eigenvalue weighted by Crippen LogP contribution is 2.28. The summed E-state index contributed by atoms with van der Waals surface area (Å²) >= 11 is 0. The summed E-state index contributed by atoms with van der Waals surface area (Å²) in [6.07, 6.45) is 3.42. The van der Waals surface area contributed by atoms with E-state index in [9.17, 15) is 18.4 Å². The zero-order valence-corrected chi connectivity index (χ0v) is 17.2. The summed E-state index contributed by atoms with van der Waals surface area (Å²) < 4.78 is 38.9. The predicted molar refractivity (Wildman–Crippen MR) is 112 cm³/mol. The number of carbonyl (C=O) groups is 2. The number of ketones is 1. The van der Waals surface area contributed by atoms with Gasteiger partial charge in [0, 0.05) is 17.2 Å². The van der Waals surface area contributed by atoms with E-state index in [-0.39, 0.29) is 23.3 Å². The van der Waals surface area contributed by atoms with Gasteiger partial charge in [0.1, 0.15) is 5.75 Å². The molecular formula is C24H26F2O4. The van der Waals surface area contributed by atoms with E-state index in [2.05, 4.69) is 11.7 Å². The molecule has 0 bridgehead atoms. The van der Waals surface area contributed by atoms with Crippen molar-refractivity contribution >= 4 is 17.3 Å². The van der Waals surface area contributed by atoms with E-state index >= 15 is 0 Å². The predicted octanol–water partition coefficient (Wildman–Crippen LogP) is 5.72. The third kappa shape index (κ3) is 6.51. The van der Waals surface area contributed by atoms with E-state index in [4.69, 9.17) is 4.74 Å². The Morgan fingerprint density at radius 1 is 0.933 bits per heavy atom. The molecule has 0 fully saturated rings. The number of halogens is 2. The van der Waals surface area contributed by atoms with Crippen molar-refractivity contribution in [2.24, 2.45) is 0 Å². The molecule has 0 aliphatic rings. The first-order valence-corrected chi connectivity index (χ1v) is 10.00. The van der Waals surface area contributed by atoms with Crippen LogP contribution >= 0.6 is 0 Å². The highest BCUT2D eigenvalue weighted by atomic mass is 19.3. The molecule has 0 saturated heterocycles. The Kier molecular flexibility index (Phi) is 8.71. The molecule has 0 aromatic heterocycles. The highest BCUT2D eigenvalue weighted by Gasteiger charge is 2.39. The summed E-state index contributed by atoms with van der Waals surface area (Å²) in [6, 6.07) is 14.4. The maximum atomic E-state index is 14.4. The van der Waals surface area contributed by atoms with E-state index in [0.717, 1.165) is 19.3 Å². The minimum Gasteiger partial charge on any atom is -0.494 e. The Labute approximate surface area is 175 Å². The van der Waals surface area contributed by atoms with Crippen molar-refractivity contribution in [1.82, 2.24) is 0 Å². The first-order chi connectivity index (χ1) is 14.4. The Morgan fingerprint density at radius 2 is 1.60 bits per heavy atom. The molecule has 0 amide bonds. The van der Waals surface area contributed by atoms with Crippen LogP contribution in [0.1, 0.15) is 49.0 Å². The van der Waals surface area contributed by atoms with Gasteiger partial charge in [0.2, 0.25) is 0 Å². The first-order valence-electron chi connectivity index (χ1n) is 10.00. The van der Waals surface area contributed by atoms with E-state index < -0.39 is 17.7 Å². The highest BCUT2D eigenvalue weighted by molar-refractivity contribution is 6.29. The normalized spacial score (nSPS) is 11.8. The van der Waals surface area contributed by atoms with Crippen molar-refractivity contribution in [2.75, 3.05) is 13.2 Å². The molecular weight excluding hydrogens is 390 g/mol. The Hall–Kier alpha value is -3.02. The number of hydrogen-bond donors (Lipinski definition) is 0. The number of alkyl halides is 2. The quantitative estimate of drug-likeness (QED) is 0.203. The molecule has 0 aliphatic carbocycles. The van der Waals surface area contributed by atoms with Gasteiger partial charge in [0.15, 0.2) is 5.78 Å². The fraction of sp³-hybridized carbons (Fsp3) is 0.333. The van der Waals surface area contributed by atoms with Gasteiger partial charge in [0.05, 0.1) is 13.2 Å². The Balaban J connectivity index is 2.35. The number of carbonyl (C=O) groups excluding carboxylic acids is 2. The van der Waals surface area contributed by atoms with Crippen molar-refractivity contribution in [3.8, 4) is 5.75 Å². The Morgan fingerprint density at radius 3 is 2.20 bits per heavy atom. The number of rotatable bonds is 11. The number of ether oxygens (including phenoxy) is 2. The SMILES string of the molecule is CCCCCOc1ccc(/C(=C\C(F)(F)C(=O)OCC)C(=O)c2ccccc2)cc1. The lowest BCUT2D eigenvalue weighted by Crippen LogP contribution is -2.29. The lowest BCUT2D eigenvalue weighted by Gasteiger charge is -2.14. The topological polar surface area (TPSA) is 52.6 Å². The molecule has 30 heavy (non-hydrogen) atoms. The third-order valence-electron chi connectivity index (χ3n) is 4.34. The number of hydrogen-bond acceptors (Lipinski definition) is 4. The molecule has 0 saturated carbocycles. The number of Topliss-reactive ketones (excluding diaryl/α,β-unsaturated/α-hetero) is 1. The van der Waals surface area contributed by atoms with Gasteiger partial charge in [-0.1, -0.05) is 62.2 Å². The summed E-state index contributed by atoms with van der Waals surface area (Å²) in [7, 11) is 0. The van der Waals surface area contributed by atoms with Gasteiger partial charge in [-0.15, -0.1) is 0 Å². The lowest BCUT2D eigenvalue weighted by molar-refractivity contribution is -0.164. The molecule has 6 heteroatoms. The molecule has 0 unspecified atom stereocenters. The minimum atomic E-state index is -3.94. The Bertz CT molecular complexity index is 859. The van der Waals surface area contributed by atoms with Crippen LogP contribution in [0.2, 0.25) is 0 Å². The largest absolute Gasteiger partial charge is 0.494 e. The second-order valence-corrected chi connectivity index (χ2v) is 6.68. The van der Waals surface area contributed by atoms with Gasteiger partial charge >= 0.3 is 11.9 Å². The minimum absolute atomic E-state index is 0.186. The van der Waals surface area contributed by atoms with E-state index in [1.807, 2.05) is 0 Å². The van der Waals surface area contributed by atoms with Crippen molar-refractivity contribution < 1.29 is 27.8 Å². The van der Waals surface area contributed by atoms with Gasteiger partial charge in [-0.3, -0.25) is 4.79 Å². The zero-order chi connectivity index (χ0) is 22.0. The van der Waals surface area contributed by atoms with Crippen molar-refractivity contribution in [3.05, 3.63) is 71.8 Å². The summed E-state index contributed by atoms with van der Waals surface area (Å²) in [5, 5.41) is 0. The first kappa shape index (κ1) is 23.3. The van der Waals surface area contributed by atoms with Crippen molar-refractivity contribution in [2.45, 2.75) is 39.0 Å². The van der Waals surface area contributed by atoms with Gasteiger partial charge < -0.3 is 9.47 Å². The van der Waals surface area contributed by atoms with Gasteiger partial charge in [-0.25, -0.2) is 4.79 Å². The van der Waals surface area contributed by atoms with Crippen LogP contribution < -0.4 is 4.74 Å². The van der Waals surface area contributed by atoms with Crippen LogP contribution in [0.4, 0.5) is 8.78 Å². The summed E-state index contributed by atoms with van der Waals surface area (Å²) in [5.74, 6) is -5.67. The van der Waals surface area contributed by atoms with E-state index in [1.54, 1.807) is 30.3 Å². The molecule has 2 aromatic rings. The summed E-state index contributed by atoms with van der Waals surface area (Å²) in [5.41, 5.74) is 0.217. The molecule has 0 heterocycles. The van der Waals surface area contributed by atoms with Crippen LogP contribution in [0.3, 0.4) is 0 Å². The fourth-order valence-electron chi connectivity index (χ4n) is 2.77. The monoisotopic (exact) mass is 416 g/mol. The smallest absolute Gasteiger partial charge is 0.381 e. The second-order valence-electron chi connectivity index (χ2n) is 6.68. The standard InChI is InChI=1S/C24H26F2O4/c1-3-5-9-16-30-20-14-12-18(13-15-20)21(17-24(25,26)23(28)29-4-2)22(27)19-10-7-6-8-11-19/h6-8,10-15,17H,3-5,9,16H2,1-2H3/b21-17+. The molecule has 2 aromatic carbocycles. The maximum Gasteiger partial charge on any atom is 0.381 e. The van der Waals surface area contributed by atoms with Crippen LogP contribution in [0.25, 0.3) is 5.57 Å². The van der Waals surface area contributed by atoms with E-state index in [0.29, 0.717) is 18.4 Å². The number of benzene rings is 2. The number of unbranched alkanes of at least 4 members (excludes halogenated alkanes) is 2. The molecule has 4 nitrogen and oxygen atoms in total. The van der Waals surface area contributed by atoms with Gasteiger partial charge in [-0.05, 0) is 31.0 Å². The van der Waals surface area contributed by atoms with Gasteiger partial charge in [-0.2, -0.15) is 8.78 Å². The third-order valence-corrected chi connectivity index (χ3v) is 4.34. The van der Waals surface area contributed by atoms with Crippen LogP contribution in [-0.2, 0) is 9.53 Å². The maximum absolute atomic E-state index is 14.4. The summed E-state index contributed by atoms with van der Waals surface area (Å²) in [6.45, 7) is 3.90. The lowest BCUT2D eigenvalue weighted by atomic mass is 9.95. The van der Waals surface area contributed by atoms with Crippen LogP contribution in [-0.4, -0.2) is 30.9 Å². The average molecular weight is 416 g/mol. The van der Waals surface area contributed by atoms with Crippen molar-refractivity contribution in [3.63, 3.8) is 0 Å². The molecule has 160 valence electrons. The molecule has 0 N–H and O–H groups in total. The summed E-state index contributed by atoms with van der Waals surface area (Å²) in [4.78, 5) is 24.6.